The number of aromatic amines is 1. The van der Waals surface area contributed by atoms with E-state index in [1.54, 1.807) is 0 Å². The number of H-pyrrole nitrogens is 1. The fourth-order valence-corrected chi connectivity index (χ4v) is 1.64. The van der Waals surface area contributed by atoms with E-state index in [9.17, 15) is 15.0 Å². The molecule has 17 heavy (non-hydrogen) atoms. The van der Waals surface area contributed by atoms with E-state index < -0.39 is 36.9 Å². The van der Waals surface area contributed by atoms with Gasteiger partial charge in [0.05, 0.1) is 6.61 Å². The number of primary amides is 1. The Morgan fingerprint density at radius 3 is 2.65 bits per heavy atom. The van der Waals surface area contributed by atoms with Crippen molar-refractivity contribution in [2.75, 3.05) is 6.61 Å². The number of aliphatic hydroxyl groups excluding tert-OH is 3. The highest BCUT2D eigenvalue weighted by molar-refractivity contribution is 5.88. The number of hydrogen-bond acceptors (Lipinski definition) is 7. The topological polar surface area (TPSA) is 155 Å². The molecule has 1 aromatic rings. The molecule has 1 fully saturated rings. The number of carbonyl (C=O) groups is 1. The van der Waals surface area contributed by atoms with E-state index in [0.717, 1.165) is 0 Å². The summed E-state index contributed by atoms with van der Waals surface area (Å²) in [6, 6.07) is 0. The molecule has 1 unspecified atom stereocenters. The molecule has 2 rings (SSSR count). The molecule has 2 heterocycles. The number of nitrogens with zero attached hydrogens (tertiary/aromatic N) is 2. The zero-order valence-electron chi connectivity index (χ0n) is 8.65. The fraction of sp³-hybridized carbons (Fsp3) is 0.625. The van der Waals surface area contributed by atoms with E-state index in [2.05, 4.69) is 15.2 Å². The summed E-state index contributed by atoms with van der Waals surface area (Å²) >= 11 is 0. The number of aliphatic hydroxyl groups is 3. The van der Waals surface area contributed by atoms with Crippen molar-refractivity contribution in [1.82, 2.24) is 15.2 Å². The number of hydrogen-bond donors (Lipinski definition) is 5. The molecule has 0 radical (unpaired) electrons. The van der Waals surface area contributed by atoms with Crippen molar-refractivity contribution >= 4 is 5.91 Å². The Bertz CT molecular complexity index is 422. The summed E-state index contributed by atoms with van der Waals surface area (Å²) in [7, 11) is 0. The van der Waals surface area contributed by atoms with Crippen LogP contribution in [0.1, 0.15) is 22.5 Å². The van der Waals surface area contributed by atoms with Gasteiger partial charge >= 0.3 is 0 Å². The monoisotopic (exact) mass is 244 g/mol. The summed E-state index contributed by atoms with van der Waals surface area (Å²) in [5.74, 6) is -0.988. The molecule has 1 saturated heterocycles. The first-order chi connectivity index (χ1) is 8.04. The summed E-state index contributed by atoms with van der Waals surface area (Å²) < 4.78 is 5.18. The predicted molar refractivity (Wildman–Crippen MR) is 51.6 cm³/mol. The van der Waals surface area contributed by atoms with E-state index >= 15 is 0 Å². The molecule has 1 amide bonds. The maximum Gasteiger partial charge on any atom is 0.288 e. The molecule has 94 valence electrons. The Kier molecular flexibility index (Phi) is 3.07. The summed E-state index contributed by atoms with van der Waals surface area (Å²) in [5.41, 5.74) is 4.96. The fourth-order valence-electron chi connectivity index (χ4n) is 1.64. The molecule has 9 heteroatoms. The normalized spacial score (nSPS) is 32.9. The van der Waals surface area contributed by atoms with Crippen molar-refractivity contribution in [3.05, 3.63) is 11.6 Å². The van der Waals surface area contributed by atoms with Gasteiger partial charge in [0, 0.05) is 0 Å². The van der Waals surface area contributed by atoms with Crippen molar-refractivity contribution < 1.29 is 24.9 Å². The first-order valence-electron chi connectivity index (χ1n) is 4.89. The lowest BCUT2D eigenvalue weighted by atomic mass is 10.1. The minimum Gasteiger partial charge on any atom is -0.394 e. The van der Waals surface area contributed by atoms with E-state index in [4.69, 9.17) is 15.6 Å². The Hall–Kier alpha value is -1.55. The summed E-state index contributed by atoms with van der Waals surface area (Å²) in [5, 5.41) is 34.0. The second-order valence-electron chi connectivity index (χ2n) is 3.67. The quantitative estimate of drug-likeness (QED) is 0.381. The molecule has 6 N–H and O–H groups in total. The van der Waals surface area contributed by atoms with Crippen molar-refractivity contribution in [1.29, 1.82) is 0 Å². The van der Waals surface area contributed by atoms with E-state index in [-0.39, 0.29) is 11.6 Å². The van der Waals surface area contributed by atoms with Crippen LogP contribution in [-0.4, -0.2) is 61.3 Å². The van der Waals surface area contributed by atoms with Crippen LogP contribution in [0, 0.1) is 0 Å². The second-order valence-corrected chi connectivity index (χ2v) is 3.67. The molecule has 0 saturated carbocycles. The minimum atomic E-state index is -1.26. The van der Waals surface area contributed by atoms with Crippen LogP contribution in [0.25, 0.3) is 0 Å². The van der Waals surface area contributed by atoms with E-state index in [1.807, 2.05) is 0 Å². The van der Waals surface area contributed by atoms with Crippen LogP contribution in [0.4, 0.5) is 0 Å². The molecule has 1 aromatic heterocycles. The van der Waals surface area contributed by atoms with Gasteiger partial charge in [-0.15, -0.1) is 5.10 Å². The lowest BCUT2D eigenvalue weighted by Crippen LogP contribution is -2.32. The highest BCUT2D eigenvalue weighted by Crippen LogP contribution is 2.31. The Balaban J connectivity index is 2.19. The third-order valence-corrected chi connectivity index (χ3v) is 2.53. The summed E-state index contributed by atoms with van der Waals surface area (Å²) in [4.78, 5) is 14.5. The van der Waals surface area contributed by atoms with Gasteiger partial charge in [-0.2, -0.15) is 0 Å². The standard InChI is InChI=1S/C8H12N4O5/c9-6(16)8-10-7(11-12-8)5-4(15)3(14)2(1-13)17-5/h2-5,13-15H,1H2,(H2,9,16)(H,10,11,12)/t2-,3-,4-,5?/m0/s1. The van der Waals surface area contributed by atoms with Crippen molar-refractivity contribution in [3.8, 4) is 0 Å². The maximum atomic E-state index is 10.8. The summed E-state index contributed by atoms with van der Waals surface area (Å²) in [6.07, 6.45) is -4.38. The molecule has 0 aromatic carbocycles. The van der Waals surface area contributed by atoms with Gasteiger partial charge in [0.2, 0.25) is 5.82 Å². The van der Waals surface area contributed by atoms with Crippen molar-refractivity contribution in [2.24, 2.45) is 5.73 Å². The van der Waals surface area contributed by atoms with Crippen molar-refractivity contribution in [2.45, 2.75) is 24.4 Å². The molecule has 4 atom stereocenters. The van der Waals surface area contributed by atoms with Gasteiger partial charge in [0.1, 0.15) is 24.4 Å². The first-order valence-corrected chi connectivity index (χ1v) is 4.89. The van der Waals surface area contributed by atoms with Crippen molar-refractivity contribution in [3.63, 3.8) is 0 Å². The number of aromatic nitrogens is 3. The van der Waals surface area contributed by atoms with Gasteiger partial charge in [0.15, 0.2) is 5.82 Å². The average Bonchev–Trinajstić information content (AvgIpc) is 2.87. The number of amides is 1. The zero-order chi connectivity index (χ0) is 12.6. The Morgan fingerprint density at radius 2 is 2.18 bits per heavy atom. The molecule has 1 aliphatic rings. The molecular formula is C8H12N4O5. The maximum absolute atomic E-state index is 10.8. The highest BCUT2D eigenvalue weighted by Gasteiger charge is 2.44. The largest absolute Gasteiger partial charge is 0.394 e. The van der Waals surface area contributed by atoms with E-state index in [0.29, 0.717) is 0 Å². The smallest absolute Gasteiger partial charge is 0.288 e. The average molecular weight is 244 g/mol. The van der Waals surface area contributed by atoms with Crippen LogP contribution in [0.2, 0.25) is 0 Å². The second kappa shape index (κ2) is 4.37. The predicted octanol–water partition coefficient (Wildman–Crippen LogP) is -2.94. The summed E-state index contributed by atoms with van der Waals surface area (Å²) in [6.45, 7) is -0.439. The van der Waals surface area contributed by atoms with Gasteiger partial charge in [0.25, 0.3) is 5.91 Å². The van der Waals surface area contributed by atoms with Gasteiger partial charge in [-0.1, -0.05) is 0 Å². The molecule has 9 nitrogen and oxygen atoms in total. The highest BCUT2D eigenvalue weighted by atomic mass is 16.6. The lowest BCUT2D eigenvalue weighted by Gasteiger charge is -2.10. The van der Waals surface area contributed by atoms with Crippen LogP contribution < -0.4 is 5.73 Å². The van der Waals surface area contributed by atoms with Crippen LogP contribution in [0.3, 0.4) is 0 Å². The van der Waals surface area contributed by atoms with Crippen LogP contribution >= 0.6 is 0 Å². The molecule has 0 aliphatic carbocycles. The van der Waals surface area contributed by atoms with Gasteiger partial charge < -0.3 is 25.8 Å². The molecule has 1 aliphatic heterocycles. The van der Waals surface area contributed by atoms with Gasteiger partial charge in [-0.25, -0.2) is 4.98 Å². The third kappa shape index (κ3) is 2.00. The number of carbonyl (C=O) groups excluding carboxylic acids is 1. The van der Waals surface area contributed by atoms with Crippen LogP contribution in [0.5, 0.6) is 0 Å². The molecule has 0 spiro atoms. The van der Waals surface area contributed by atoms with E-state index in [1.165, 1.54) is 0 Å². The number of ether oxygens (including phenoxy) is 1. The zero-order valence-corrected chi connectivity index (χ0v) is 8.65. The Labute approximate surface area is 95.2 Å². The molecular weight excluding hydrogens is 232 g/mol. The van der Waals surface area contributed by atoms with Crippen LogP contribution in [0.15, 0.2) is 0 Å². The molecule has 0 bridgehead atoms. The minimum absolute atomic E-state index is 0.0706. The van der Waals surface area contributed by atoms with Gasteiger partial charge in [-0.05, 0) is 0 Å². The SMILES string of the molecule is NC(=O)c1n[nH]c(C2O[C@@H](CO)[C@H](O)[C@@H]2O)n1. The van der Waals surface area contributed by atoms with Gasteiger partial charge in [-0.3, -0.25) is 9.89 Å². The number of nitrogens with one attached hydrogen (secondary N) is 1. The lowest BCUT2D eigenvalue weighted by molar-refractivity contribution is -0.0252. The third-order valence-electron chi connectivity index (χ3n) is 2.53. The van der Waals surface area contributed by atoms with Crippen LogP contribution in [-0.2, 0) is 4.74 Å². The Morgan fingerprint density at radius 1 is 1.47 bits per heavy atom. The number of rotatable bonds is 3. The number of nitrogens with two attached hydrogens (primary N) is 1. The first kappa shape index (κ1) is 11.9.